The predicted octanol–water partition coefficient (Wildman–Crippen LogP) is 0.371. The first kappa shape index (κ1) is 16.9. The average molecular weight is 368 g/mol. The number of hydrogen-bond acceptors (Lipinski definition) is 5. The highest BCUT2D eigenvalue weighted by atomic mass is 16.2. The summed E-state index contributed by atoms with van der Waals surface area (Å²) in [5.74, 6) is -0.739. The van der Waals surface area contributed by atoms with Gasteiger partial charge in [0, 0.05) is 44.2 Å². The van der Waals surface area contributed by atoms with Crippen molar-refractivity contribution < 1.29 is 14.4 Å². The highest BCUT2D eigenvalue weighted by molar-refractivity contribution is 6.05. The number of amides is 3. The number of carbonyl (C=O) groups excluding carboxylic acids is 3. The summed E-state index contributed by atoms with van der Waals surface area (Å²) in [5.41, 5.74) is 9.24. The zero-order valence-electron chi connectivity index (χ0n) is 15.2. The molecule has 4 aliphatic rings. The maximum absolute atomic E-state index is 12.7. The van der Waals surface area contributed by atoms with E-state index in [2.05, 4.69) is 16.3 Å². The van der Waals surface area contributed by atoms with Gasteiger partial charge in [-0.2, -0.15) is 0 Å². The van der Waals surface area contributed by atoms with Gasteiger partial charge >= 0.3 is 0 Å². The zero-order chi connectivity index (χ0) is 18.8. The van der Waals surface area contributed by atoms with Gasteiger partial charge in [-0.1, -0.05) is 12.1 Å². The number of fused-ring (bicyclic) bond motifs is 1. The number of hydrogen-bond donors (Lipinski definition) is 2. The number of likely N-dealkylation sites (tertiary alicyclic amines) is 1. The summed E-state index contributed by atoms with van der Waals surface area (Å²) in [4.78, 5) is 40.2. The number of rotatable bonds is 3. The summed E-state index contributed by atoms with van der Waals surface area (Å²) in [7, 11) is 0. The lowest BCUT2D eigenvalue weighted by Crippen LogP contribution is -2.64. The highest BCUT2D eigenvalue weighted by Crippen LogP contribution is 2.47. The number of nitrogens with one attached hydrogen (secondary N) is 1. The van der Waals surface area contributed by atoms with Crippen LogP contribution in [0.3, 0.4) is 0 Å². The van der Waals surface area contributed by atoms with Crippen LogP contribution in [0.25, 0.3) is 0 Å². The van der Waals surface area contributed by atoms with Crippen molar-refractivity contribution in [3.63, 3.8) is 0 Å². The SMILES string of the molecule is NC1CC2(C1)CN(Cc1ccc3c(c1)CN(C1CCC(=O)NC1=O)C3=O)C2. The van der Waals surface area contributed by atoms with Gasteiger partial charge < -0.3 is 10.6 Å². The van der Waals surface area contributed by atoms with E-state index in [1.807, 2.05) is 12.1 Å². The quantitative estimate of drug-likeness (QED) is 0.752. The summed E-state index contributed by atoms with van der Waals surface area (Å²) in [6, 6.07) is 5.83. The first-order valence-electron chi connectivity index (χ1n) is 9.67. The normalized spacial score (nSPS) is 27.4. The van der Waals surface area contributed by atoms with Crippen LogP contribution in [-0.4, -0.2) is 52.7 Å². The summed E-state index contributed by atoms with van der Waals surface area (Å²) >= 11 is 0. The van der Waals surface area contributed by atoms with E-state index in [1.54, 1.807) is 4.90 Å². The molecule has 1 unspecified atom stereocenters. The highest BCUT2D eigenvalue weighted by Gasteiger charge is 2.50. The predicted molar refractivity (Wildman–Crippen MR) is 97.4 cm³/mol. The molecule has 2 saturated heterocycles. The fraction of sp³-hybridized carbons (Fsp3) is 0.550. The Morgan fingerprint density at radius 3 is 2.67 bits per heavy atom. The lowest BCUT2D eigenvalue weighted by atomic mass is 9.61. The molecular weight excluding hydrogens is 344 g/mol. The average Bonchev–Trinajstić information content (AvgIpc) is 2.88. The minimum Gasteiger partial charge on any atom is -0.328 e. The maximum atomic E-state index is 12.7. The van der Waals surface area contributed by atoms with Crippen LogP contribution in [-0.2, 0) is 22.7 Å². The molecule has 1 aliphatic carbocycles. The molecule has 3 fully saturated rings. The smallest absolute Gasteiger partial charge is 0.255 e. The fourth-order valence-corrected chi connectivity index (χ4v) is 5.31. The van der Waals surface area contributed by atoms with Crippen LogP contribution >= 0.6 is 0 Å². The van der Waals surface area contributed by atoms with Gasteiger partial charge in [-0.25, -0.2) is 0 Å². The van der Waals surface area contributed by atoms with Crippen molar-refractivity contribution in [2.75, 3.05) is 13.1 Å². The molecule has 1 saturated carbocycles. The fourth-order valence-electron chi connectivity index (χ4n) is 5.31. The van der Waals surface area contributed by atoms with Crippen molar-refractivity contribution in [1.82, 2.24) is 15.1 Å². The molecule has 1 aromatic carbocycles. The molecule has 3 heterocycles. The third kappa shape index (κ3) is 2.76. The zero-order valence-corrected chi connectivity index (χ0v) is 15.2. The van der Waals surface area contributed by atoms with E-state index >= 15 is 0 Å². The van der Waals surface area contributed by atoms with Crippen molar-refractivity contribution in [2.24, 2.45) is 11.1 Å². The van der Waals surface area contributed by atoms with E-state index in [1.165, 1.54) is 5.56 Å². The number of benzene rings is 1. The maximum Gasteiger partial charge on any atom is 0.255 e. The van der Waals surface area contributed by atoms with Crippen molar-refractivity contribution in [1.29, 1.82) is 0 Å². The number of nitrogens with zero attached hydrogens (tertiary/aromatic N) is 2. The topological polar surface area (TPSA) is 95.7 Å². The lowest BCUT2D eigenvalue weighted by Gasteiger charge is -2.58. The van der Waals surface area contributed by atoms with E-state index in [9.17, 15) is 14.4 Å². The Balaban J connectivity index is 1.25. The van der Waals surface area contributed by atoms with E-state index in [-0.39, 0.29) is 24.1 Å². The number of piperidine rings is 1. The molecule has 5 rings (SSSR count). The summed E-state index contributed by atoms with van der Waals surface area (Å²) in [6.45, 7) is 3.54. The minimum absolute atomic E-state index is 0.114. The minimum atomic E-state index is -0.552. The Hall–Kier alpha value is -2.25. The van der Waals surface area contributed by atoms with Gasteiger partial charge in [0.2, 0.25) is 11.8 Å². The van der Waals surface area contributed by atoms with E-state index in [4.69, 9.17) is 5.73 Å². The van der Waals surface area contributed by atoms with Crippen LogP contribution in [0.5, 0.6) is 0 Å². The Labute approximate surface area is 157 Å². The van der Waals surface area contributed by atoms with E-state index in [0.717, 1.165) is 38.0 Å². The molecule has 0 radical (unpaired) electrons. The molecule has 0 aromatic heterocycles. The molecule has 0 bridgehead atoms. The molecule has 1 spiro atoms. The number of carbonyl (C=O) groups is 3. The van der Waals surface area contributed by atoms with Gasteiger partial charge in [0.25, 0.3) is 5.91 Å². The number of imide groups is 1. The van der Waals surface area contributed by atoms with Crippen LogP contribution in [0.15, 0.2) is 18.2 Å². The van der Waals surface area contributed by atoms with Crippen LogP contribution in [0.4, 0.5) is 0 Å². The van der Waals surface area contributed by atoms with Crippen molar-refractivity contribution in [3.05, 3.63) is 34.9 Å². The van der Waals surface area contributed by atoms with Crippen molar-refractivity contribution >= 4 is 17.7 Å². The second-order valence-corrected chi connectivity index (χ2v) is 8.70. The van der Waals surface area contributed by atoms with Gasteiger partial charge in [-0.3, -0.25) is 24.6 Å². The first-order valence-corrected chi connectivity index (χ1v) is 9.67. The lowest BCUT2D eigenvalue weighted by molar-refractivity contribution is -0.136. The molecule has 3 amide bonds. The standard InChI is InChI=1S/C20H24N4O3/c21-14-6-20(7-14)10-23(11-20)8-12-1-2-15-13(5-12)9-24(19(15)27)16-3-4-17(25)22-18(16)26/h1-2,5,14,16H,3-4,6-11,21H2,(H,22,25,26). The van der Waals surface area contributed by atoms with Gasteiger partial charge in [-0.05, 0) is 41.9 Å². The Morgan fingerprint density at radius 2 is 1.96 bits per heavy atom. The summed E-state index contributed by atoms with van der Waals surface area (Å²) < 4.78 is 0. The van der Waals surface area contributed by atoms with E-state index < -0.39 is 6.04 Å². The largest absolute Gasteiger partial charge is 0.328 e. The van der Waals surface area contributed by atoms with Gasteiger partial charge in [0.1, 0.15) is 6.04 Å². The monoisotopic (exact) mass is 368 g/mol. The Kier molecular flexibility index (Phi) is 3.67. The van der Waals surface area contributed by atoms with E-state index in [0.29, 0.717) is 30.0 Å². The second-order valence-electron chi connectivity index (χ2n) is 8.70. The van der Waals surface area contributed by atoms with Gasteiger partial charge in [0.15, 0.2) is 0 Å². The summed E-state index contributed by atoms with van der Waals surface area (Å²) in [6.07, 6.45) is 2.96. The molecular formula is C20H24N4O3. The summed E-state index contributed by atoms with van der Waals surface area (Å²) in [5, 5.41) is 2.34. The van der Waals surface area contributed by atoms with Crippen LogP contribution < -0.4 is 11.1 Å². The van der Waals surface area contributed by atoms with Gasteiger partial charge in [0.05, 0.1) is 0 Å². The second kappa shape index (κ2) is 5.87. The third-order valence-corrected chi connectivity index (χ3v) is 6.50. The number of nitrogens with two attached hydrogens (primary N) is 1. The van der Waals surface area contributed by atoms with Gasteiger partial charge in [-0.15, -0.1) is 0 Å². The molecule has 1 aromatic rings. The van der Waals surface area contributed by atoms with Crippen LogP contribution in [0.1, 0.15) is 47.2 Å². The van der Waals surface area contributed by atoms with Crippen LogP contribution in [0, 0.1) is 5.41 Å². The molecule has 7 nitrogen and oxygen atoms in total. The molecule has 27 heavy (non-hydrogen) atoms. The van der Waals surface area contributed by atoms with Crippen molar-refractivity contribution in [2.45, 2.75) is 50.9 Å². The third-order valence-electron chi connectivity index (χ3n) is 6.50. The Morgan fingerprint density at radius 1 is 1.19 bits per heavy atom. The van der Waals surface area contributed by atoms with Crippen molar-refractivity contribution in [3.8, 4) is 0 Å². The molecule has 3 aliphatic heterocycles. The van der Waals surface area contributed by atoms with Crippen LogP contribution in [0.2, 0.25) is 0 Å². The Bertz CT molecular complexity index is 838. The molecule has 142 valence electrons. The molecule has 7 heteroatoms. The molecule has 3 N–H and O–H groups in total. The molecule has 1 atom stereocenters. The first-order chi connectivity index (χ1) is 12.9.